The Labute approximate surface area is 189 Å². The largest absolute Gasteiger partial charge is 0.503 e. The summed E-state index contributed by atoms with van der Waals surface area (Å²) in [6.07, 6.45) is 21.4. The van der Waals surface area contributed by atoms with Crippen LogP contribution in [-0.4, -0.2) is 36.0 Å². The maximum Gasteiger partial charge on any atom is 0.503 e. The third-order valence-corrected chi connectivity index (χ3v) is 10.2. The smallest absolute Gasteiger partial charge is 0.377 e. The van der Waals surface area contributed by atoms with Gasteiger partial charge in [-0.2, -0.15) is 0 Å². The minimum absolute atomic E-state index is 0.332. The molecule has 5 heteroatoms. The van der Waals surface area contributed by atoms with Crippen LogP contribution in [0.4, 0.5) is 0 Å². The van der Waals surface area contributed by atoms with Gasteiger partial charge in [0.05, 0.1) is 0 Å². The van der Waals surface area contributed by atoms with Crippen molar-refractivity contribution >= 4 is 20.4 Å². The van der Waals surface area contributed by atoms with Crippen molar-refractivity contribution < 1.29 is 13.3 Å². The van der Waals surface area contributed by atoms with Crippen molar-refractivity contribution in [3.63, 3.8) is 0 Å². The zero-order chi connectivity index (χ0) is 21.8. The molecule has 0 saturated heterocycles. The molecule has 2 atom stereocenters. The normalized spacial score (nSPS) is 14.3. The predicted molar refractivity (Wildman–Crippen MR) is 130 cm³/mol. The molecule has 0 aliphatic rings. The number of hydrogen-bond donors (Lipinski definition) is 0. The summed E-state index contributed by atoms with van der Waals surface area (Å²) < 4.78 is 17.4. The van der Waals surface area contributed by atoms with E-state index < -0.39 is 8.80 Å². The van der Waals surface area contributed by atoms with E-state index in [0.717, 1.165) is 12.8 Å². The number of hydrogen-bond acceptors (Lipinski definition) is 3. The molecule has 0 aromatic carbocycles. The maximum absolute atomic E-state index is 6.13. The molecule has 0 N–H and O–H groups in total. The Morgan fingerprint density at radius 3 is 1.38 bits per heavy atom. The van der Waals surface area contributed by atoms with Gasteiger partial charge in [-0.25, -0.2) is 0 Å². The number of unbranched alkanes of at least 4 members (excludes halogenated alkanes) is 12. The molecule has 0 aromatic heterocycles. The monoisotopic (exact) mass is 450 g/mol. The topological polar surface area (TPSA) is 27.7 Å². The van der Waals surface area contributed by atoms with E-state index in [0.29, 0.717) is 17.3 Å². The van der Waals surface area contributed by atoms with E-state index in [1.54, 1.807) is 21.3 Å². The first-order valence-corrected chi connectivity index (χ1v) is 14.7. The molecule has 0 aromatic rings. The average Bonchev–Trinajstić information content (AvgIpc) is 2.75. The third kappa shape index (κ3) is 12.7. The Morgan fingerprint density at radius 2 is 1.03 bits per heavy atom. The van der Waals surface area contributed by atoms with Gasteiger partial charge in [-0.05, 0) is 18.8 Å². The second-order valence-electron chi connectivity index (χ2n) is 8.50. The van der Waals surface area contributed by atoms with Crippen LogP contribution in [0.2, 0.25) is 5.54 Å². The number of rotatable bonds is 22. The molecule has 0 aliphatic heterocycles. The molecular weight excluding hydrogens is 400 g/mol. The van der Waals surface area contributed by atoms with Crippen molar-refractivity contribution in [2.75, 3.05) is 27.2 Å². The van der Waals surface area contributed by atoms with Gasteiger partial charge in [0, 0.05) is 32.8 Å². The fourth-order valence-corrected chi connectivity index (χ4v) is 7.79. The van der Waals surface area contributed by atoms with Gasteiger partial charge in [-0.3, -0.25) is 0 Å². The first-order chi connectivity index (χ1) is 14.2. The van der Waals surface area contributed by atoms with E-state index in [2.05, 4.69) is 13.8 Å². The molecule has 0 saturated carbocycles. The molecule has 176 valence electrons. The second kappa shape index (κ2) is 20.3. The van der Waals surface area contributed by atoms with Crippen LogP contribution in [-0.2, 0) is 13.3 Å². The number of alkyl halides is 1. The van der Waals surface area contributed by atoms with Crippen molar-refractivity contribution in [1.29, 1.82) is 0 Å². The SMILES string of the molecule is CCCCCCCCCCCCCCCC(CCCl)C(CC)[Si](OC)(OC)OC. The Hall–Kier alpha value is 0.387. The maximum atomic E-state index is 6.13. The average molecular weight is 451 g/mol. The van der Waals surface area contributed by atoms with Gasteiger partial charge in [0.15, 0.2) is 0 Å². The van der Waals surface area contributed by atoms with Gasteiger partial charge in [0.1, 0.15) is 0 Å². The first kappa shape index (κ1) is 29.4. The Morgan fingerprint density at radius 1 is 0.621 bits per heavy atom. The molecule has 0 rings (SSSR count). The van der Waals surface area contributed by atoms with E-state index in [-0.39, 0.29) is 0 Å². The summed E-state index contributed by atoms with van der Waals surface area (Å²) in [6, 6.07) is 0. The van der Waals surface area contributed by atoms with Crippen molar-refractivity contribution in [2.24, 2.45) is 5.92 Å². The van der Waals surface area contributed by atoms with Gasteiger partial charge in [-0.15, -0.1) is 11.6 Å². The highest BCUT2D eigenvalue weighted by Crippen LogP contribution is 2.39. The van der Waals surface area contributed by atoms with Crippen LogP contribution in [0.1, 0.15) is 117 Å². The van der Waals surface area contributed by atoms with Gasteiger partial charge < -0.3 is 13.3 Å². The molecular formula is C24H51ClO3Si. The standard InChI is InChI=1S/C24H51ClO3Si/c1-6-8-9-10-11-12-13-14-15-16-17-18-19-20-23(21-22-25)24(7-2)29(26-3,27-4)28-5/h23-24H,6-22H2,1-5H3. The summed E-state index contributed by atoms with van der Waals surface area (Å²) >= 11 is 6.13. The van der Waals surface area contributed by atoms with Crippen molar-refractivity contribution in [3.05, 3.63) is 0 Å². The fourth-order valence-electron chi connectivity index (χ4n) is 4.69. The Bertz CT molecular complexity index is 332. The molecule has 0 spiro atoms. The van der Waals surface area contributed by atoms with Crippen LogP contribution in [0, 0.1) is 5.92 Å². The number of halogens is 1. The highest BCUT2D eigenvalue weighted by molar-refractivity contribution is 6.62. The zero-order valence-corrected chi connectivity index (χ0v) is 22.0. The Balaban J connectivity index is 4.00. The molecule has 0 bridgehead atoms. The van der Waals surface area contributed by atoms with Crippen LogP contribution >= 0.6 is 11.6 Å². The van der Waals surface area contributed by atoms with Crippen LogP contribution in [0.15, 0.2) is 0 Å². The van der Waals surface area contributed by atoms with Crippen LogP contribution in [0.25, 0.3) is 0 Å². The van der Waals surface area contributed by atoms with Gasteiger partial charge in [-0.1, -0.05) is 104 Å². The summed E-state index contributed by atoms with van der Waals surface area (Å²) in [4.78, 5) is 0. The Kier molecular flexibility index (Phi) is 20.6. The highest BCUT2D eigenvalue weighted by atomic mass is 35.5. The molecule has 0 heterocycles. The molecule has 29 heavy (non-hydrogen) atoms. The lowest BCUT2D eigenvalue weighted by molar-refractivity contribution is 0.0979. The molecule has 0 radical (unpaired) electrons. The van der Waals surface area contributed by atoms with Gasteiger partial charge in [0.25, 0.3) is 0 Å². The quantitative estimate of drug-likeness (QED) is 0.0940. The minimum Gasteiger partial charge on any atom is -0.377 e. The van der Waals surface area contributed by atoms with E-state index in [4.69, 9.17) is 24.9 Å². The molecule has 0 amide bonds. The second-order valence-corrected chi connectivity index (χ2v) is 12.1. The van der Waals surface area contributed by atoms with Crippen LogP contribution in [0.3, 0.4) is 0 Å². The van der Waals surface area contributed by atoms with E-state index in [9.17, 15) is 0 Å². The summed E-state index contributed by atoms with van der Waals surface area (Å²) in [7, 11) is 2.57. The lowest BCUT2D eigenvalue weighted by Gasteiger charge is -2.37. The summed E-state index contributed by atoms with van der Waals surface area (Å²) in [5.41, 5.74) is 0.332. The van der Waals surface area contributed by atoms with Crippen LogP contribution in [0.5, 0.6) is 0 Å². The van der Waals surface area contributed by atoms with E-state index >= 15 is 0 Å². The molecule has 3 nitrogen and oxygen atoms in total. The van der Waals surface area contributed by atoms with Gasteiger partial charge in [0.2, 0.25) is 0 Å². The van der Waals surface area contributed by atoms with Crippen LogP contribution < -0.4 is 0 Å². The molecule has 0 fully saturated rings. The third-order valence-electron chi connectivity index (χ3n) is 6.47. The van der Waals surface area contributed by atoms with Gasteiger partial charge >= 0.3 is 8.80 Å². The summed E-state index contributed by atoms with van der Waals surface area (Å²) in [5, 5.41) is 0. The fraction of sp³-hybridized carbons (Fsp3) is 1.00. The van der Waals surface area contributed by atoms with E-state index in [1.807, 2.05) is 0 Å². The van der Waals surface area contributed by atoms with Crippen molar-refractivity contribution in [3.8, 4) is 0 Å². The van der Waals surface area contributed by atoms with Crippen molar-refractivity contribution in [2.45, 2.75) is 122 Å². The zero-order valence-electron chi connectivity index (χ0n) is 20.3. The lowest BCUT2D eigenvalue weighted by Crippen LogP contribution is -2.50. The first-order valence-electron chi connectivity index (χ1n) is 12.4. The lowest BCUT2D eigenvalue weighted by atomic mass is 9.93. The summed E-state index contributed by atoms with van der Waals surface area (Å²) in [6.45, 7) is 4.50. The van der Waals surface area contributed by atoms with E-state index in [1.165, 1.54) is 89.9 Å². The highest BCUT2D eigenvalue weighted by Gasteiger charge is 2.49. The predicted octanol–water partition coefficient (Wildman–Crippen LogP) is 8.37. The summed E-state index contributed by atoms with van der Waals surface area (Å²) in [5.74, 6) is 1.22. The minimum atomic E-state index is -2.61. The molecule has 0 aliphatic carbocycles. The molecule has 2 unspecified atom stereocenters. The van der Waals surface area contributed by atoms with Crippen molar-refractivity contribution in [1.82, 2.24) is 0 Å².